The number of benzene rings is 1. The highest BCUT2D eigenvalue weighted by Gasteiger charge is 2.12. The van der Waals surface area contributed by atoms with Gasteiger partial charge in [0.15, 0.2) is 11.5 Å². The molecule has 5 rings (SSSR count). The Bertz CT molecular complexity index is 1300. The van der Waals surface area contributed by atoms with Gasteiger partial charge in [-0.15, -0.1) is 5.11 Å². The van der Waals surface area contributed by atoms with Crippen molar-refractivity contribution < 1.29 is 0 Å². The molecule has 0 amide bonds. The number of H-pyrrole nitrogens is 1. The number of azo groups is 1. The molecule has 1 atom stereocenters. The number of hydrogen-bond acceptors (Lipinski definition) is 5. The summed E-state index contributed by atoms with van der Waals surface area (Å²) in [4.78, 5) is 13.3. The molecule has 0 radical (unpaired) electrons. The van der Waals surface area contributed by atoms with E-state index < -0.39 is 0 Å². The van der Waals surface area contributed by atoms with Crippen molar-refractivity contribution in [2.24, 2.45) is 10.2 Å². The third-order valence-corrected chi connectivity index (χ3v) is 4.83. The van der Waals surface area contributed by atoms with Gasteiger partial charge in [-0.1, -0.05) is 18.2 Å². The third kappa shape index (κ3) is 3.50. The maximum Gasteiger partial charge on any atom is 0.173 e. The maximum atomic E-state index is 4.79. The number of rotatable bonds is 5. The van der Waals surface area contributed by atoms with Gasteiger partial charge in [0.25, 0.3) is 0 Å². The molecule has 0 bridgehead atoms. The quantitative estimate of drug-likeness (QED) is 0.425. The van der Waals surface area contributed by atoms with Crippen LogP contribution in [0.1, 0.15) is 24.2 Å². The lowest BCUT2D eigenvalue weighted by molar-refractivity contribution is 0.661. The van der Waals surface area contributed by atoms with E-state index in [0.29, 0.717) is 5.82 Å². The Labute approximate surface area is 167 Å². The second-order valence-electron chi connectivity index (χ2n) is 6.92. The van der Waals surface area contributed by atoms with Gasteiger partial charge in [0.1, 0.15) is 6.04 Å². The van der Waals surface area contributed by atoms with Gasteiger partial charge in [0.05, 0.1) is 23.3 Å². The summed E-state index contributed by atoms with van der Waals surface area (Å²) in [6, 6.07) is 19.8. The molecule has 7 nitrogen and oxygen atoms in total. The molecular weight excluding hydrogens is 362 g/mol. The summed E-state index contributed by atoms with van der Waals surface area (Å²) in [7, 11) is 0. The molecule has 0 saturated carbocycles. The molecule has 0 saturated heterocycles. The first-order chi connectivity index (χ1) is 14.3. The Hall–Kier alpha value is -3.87. The summed E-state index contributed by atoms with van der Waals surface area (Å²) in [6.07, 6.45) is 3.52. The van der Waals surface area contributed by atoms with E-state index in [2.05, 4.69) is 49.6 Å². The Balaban J connectivity index is 1.38. The highest BCUT2D eigenvalue weighted by molar-refractivity contribution is 5.79. The minimum atomic E-state index is -0.156. The summed E-state index contributed by atoms with van der Waals surface area (Å²) >= 11 is 0. The standard InChI is InChI=1S/C22H19N7/c1-15(26-27-21-6-2-3-11-24-21)18-9-10-20-22(25-18)29(28-20)14-16-7-8-19-17(13-16)5-4-12-23-19/h2-13,15,28H,14H2,1H3. The normalized spacial score (nSPS) is 12.9. The highest BCUT2D eigenvalue weighted by Crippen LogP contribution is 2.22. The van der Waals surface area contributed by atoms with Crippen LogP contribution in [0, 0.1) is 0 Å². The van der Waals surface area contributed by atoms with E-state index in [9.17, 15) is 0 Å². The average molecular weight is 381 g/mol. The van der Waals surface area contributed by atoms with Crippen LogP contribution < -0.4 is 0 Å². The summed E-state index contributed by atoms with van der Waals surface area (Å²) < 4.78 is 2.04. The van der Waals surface area contributed by atoms with E-state index in [4.69, 9.17) is 4.98 Å². The monoisotopic (exact) mass is 381 g/mol. The minimum absolute atomic E-state index is 0.156. The minimum Gasteiger partial charge on any atom is -0.293 e. The van der Waals surface area contributed by atoms with Crippen LogP contribution in [0.2, 0.25) is 0 Å². The molecule has 4 heterocycles. The fourth-order valence-electron chi connectivity index (χ4n) is 3.27. The van der Waals surface area contributed by atoms with E-state index >= 15 is 0 Å². The van der Waals surface area contributed by atoms with E-state index in [-0.39, 0.29) is 6.04 Å². The van der Waals surface area contributed by atoms with Gasteiger partial charge in [0.2, 0.25) is 0 Å². The van der Waals surface area contributed by atoms with Gasteiger partial charge < -0.3 is 0 Å². The number of nitrogens with one attached hydrogen (secondary N) is 1. The van der Waals surface area contributed by atoms with E-state index in [1.807, 2.05) is 54.2 Å². The van der Waals surface area contributed by atoms with Crippen molar-refractivity contribution in [2.45, 2.75) is 19.5 Å². The lowest BCUT2D eigenvalue weighted by atomic mass is 10.1. The van der Waals surface area contributed by atoms with Crippen LogP contribution in [0.4, 0.5) is 5.82 Å². The summed E-state index contributed by atoms with van der Waals surface area (Å²) in [5, 5.41) is 13.0. The van der Waals surface area contributed by atoms with Crippen LogP contribution in [0.3, 0.4) is 0 Å². The van der Waals surface area contributed by atoms with Gasteiger partial charge >= 0.3 is 0 Å². The fraction of sp³-hybridized carbons (Fsp3) is 0.136. The van der Waals surface area contributed by atoms with Crippen molar-refractivity contribution in [2.75, 3.05) is 0 Å². The molecule has 0 aliphatic heterocycles. The van der Waals surface area contributed by atoms with Crippen molar-refractivity contribution in [1.29, 1.82) is 0 Å². The Kier molecular flexibility index (Phi) is 4.32. The first-order valence-corrected chi connectivity index (χ1v) is 9.47. The lowest BCUT2D eigenvalue weighted by Gasteiger charge is -2.17. The molecule has 29 heavy (non-hydrogen) atoms. The average Bonchev–Trinajstić information content (AvgIpc) is 2.76. The molecule has 7 heteroatoms. The zero-order valence-electron chi connectivity index (χ0n) is 15.9. The van der Waals surface area contributed by atoms with Crippen molar-refractivity contribution in [3.8, 4) is 0 Å². The van der Waals surface area contributed by atoms with E-state index in [1.165, 1.54) is 5.56 Å². The Morgan fingerprint density at radius 3 is 2.83 bits per heavy atom. The lowest BCUT2D eigenvalue weighted by Crippen LogP contribution is -2.14. The van der Waals surface area contributed by atoms with Crippen molar-refractivity contribution in [3.05, 3.63) is 84.3 Å². The SMILES string of the molecule is CC(N=Nc1ccccn1)c1ccc2[nH]n(Cc3ccc4ncccc4c3)c2n1. The van der Waals surface area contributed by atoms with Crippen LogP contribution in [0.25, 0.3) is 22.1 Å². The first-order valence-electron chi connectivity index (χ1n) is 9.47. The molecule has 0 aliphatic rings. The van der Waals surface area contributed by atoms with Crippen molar-refractivity contribution in [1.82, 2.24) is 24.7 Å². The van der Waals surface area contributed by atoms with Gasteiger partial charge in [-0.05, 0) is 55.0 Å². The molecular formula is C22H19N7. The predicted molar refractivity (Wildman–Crippen MR) is 112 cm³/mol. The number of hydrogen-bond donors (Lipinski definition) is 1. The molecule has 0 aliphatic carbocycles. The third-order valence-electron chi connectivity index (χ3n) is 4.83. The zero-order valence-corrected chi connectivity index (χ0v) is 15.9. The Morgan fingerprint density at radius 1 is 1.00 bits per heavy atom. The Morgan fingerprint density at radius 2 is 1.93 bits per heavy atom. The maximum absolute atomic E-state index is 4.79. The van der Waals surface area contributed by atoms with Crippen LogP contribution in [-0.2, 0) is 6.54 Å². The number of aromatic amines is 1. The molecule has 1 unspecified atom stereocenters. The molecule has 142 valence electrons. The summed E-state index contributed by atoms with van der Waals surface area (Å²) in [6.45, 7) is 2.70. The van der Waals surface area contributed by atoms with Gasteiger partial charge in [-0.25, -0.2) is 9.97 Å². The number of aromatic nitrogens is 5. The van der Waals surface area contributed by atoms with Crippen LogP contribution in [0.15, 0.2) is 83.3 Å². The number of fused-ring (bicyclic) bond motifs is 2. The second kappa shape index (κ2) is 7.27. The van der Waals surface area contributed by atoms with Gasteiger partial charge in [0, 0.05) is 17.8 Å². The molecule has 0 spiro atoms. The molecule has 4 aromatic heterocycles. The van der Waals surface area contributed by atoms with E-state index in [0.717, 1.165) is 34.3 Å². The number of pyridine rings is 3. The topological polar surface area (TPSA) is 84.1 Å². The zero-order chi connectivity index (χ0) is 19.6. The number of nitrogens with zero attached hydrogens (tertiary/aromatic N) is 6. The first kappa shape index (κ1) is 17.2. The highest BCUT2D eigenvalue weighted by atomic mass is 15.3. The molecule has 0 fully saturated rings. The molecule has 5 aromatic rings. The fourth-order valence-corrected chi connectivity index (χ4v) is 3.27. The van der Waals surface area contributed by atoms with Crippen LogP contribution in [0.5, 0.6) is 0 Å². The van der Waals surface area contributed by atoms with Gasteiger partial charge in [-0.3, -0.25) is 14.8 Å². The van der Waals surface area contributed by atoms with Gasteiger partial charge in [-0.2, -0.15) is 5.11 Å². The largest absolute Gasteiger partial charge is 0.293 e. The second-order valence-corrected chi connectivity index (χ2v) is 6.92. The summed E-state index contributed by atoms with van der Waals surface area (Å²) in [5.74, 6) is 0.595. The smallest absolute Gasteiger partial charge is 0.173 e. The van der Waals surface area contributed by atoms with Crippen LogP contribution >= 0.6 is 0 Å². The van der Waals surface area contributed by atoms with Crippen LogP contribution in [-0.4, -0.2) is 24.7 Å². The predicted octanol–water partition coefficient (Wildman–Crippen LogP) is 5.20. The molecule has 1 N–H and O–H groups in total. The summed E-state index contributed by atoms with van der Waals surface area (Å²) in [5.41, 5.74) is 5.01. The molecule has 1 aromatic carbocycles. The van der Waals surface area contributed by atoms with E-state index in [1.54, 1.807) is 6.20 Å². The van der Waals surface area contributed by atoms with Crippen molar-refractivity contribution >= 4 is 27.9 Å². The van der Waals surface area contributed by atoms with Crippen molar-refractivity contribution in [3.63, 3.8) is 0 Å².